The summed E-state index contributed by atoms with van der Waals surface area (Å²) in [5.74, 6) is 1.26. The van der Waals surface area contributed by atoms with Gasteiger partial charge in [0.2, 0.25) is 5.91 Å². The average Bonchev–Trinajstić information content (AvgIpc) is 3.17. The van der Waals surface area contributed by atoms with Gasteiger partial charge < -0.3 is 14.4 Å². The lowest BCUT2D eigenvalue weighted by Gasteiger charge is -2.31. The maximum Gasteiger partial charge on any atom is 0.267 e. The van der Waals surface area contributed by atoms with Crippen molar-refractivity contribution in [3.8, 4) is 11.5 Å². The number of ether oxygens (including phenoxy) is 2. The van der Waals surface area contributed by atoms with Crippen molar-refractivity contribution in [1.82, 2.24) is 14.7 Å². The Morgan fingerprint density at radius 2 is 1.75 bits per heavy atom. The number of carbonyl (C=O) groups is 1. The Bertz CT molecular complexity index is 982. The maximum atomic E-state index is 13.1. The summed E-state index contributed by atoms with van der Waals surface area (Å²) in [6.07, 6.45) is 3.52. The molecule has 2 heterocycles. The number of hydrogen-bond donors (Lipinski definition) is 0. The van der Waals surface area contributed by atoms with Gasteiger partial charge in [0.1, 0.15) is 6.04 Å². The van der Waals surface area contributed by atoms with Crippen LogP contribution in [-0.2, 0) is 30.6 Å². The predicted octanol–water partition coefficient (Wildman–Crippen LogP) is 1.90. The van der Waals surface area contributed by atoms with E-state index in [9.17, 15) is 9.59 Å². The van der Waals surface area contributed by atoms with Gasteiger partial charge in [0, 0.05) is 19.2 Å². The van der Waals surface area contributed by atoms with Gasteiger partial charge in [-0.1, -0.05) is 0 Å². The van der Waals surface area contributed by atoms with Crippen molar-refractivity contribution >= 4 is 5.91 Å². The predicted molar refractivity (Wildman–Crippen MR) is 104 cm³/mol. The minimum Gasteiger partial charge on any atom is -0.493 e. The molecule has 7 heteroatoms. The summed E-state index contributed by atoms with van der Waals surface area (Å²) in [6, 6.07) is 4.92. The van der Waals surface area contributed by atoms with Crippen LogP contribution in [0.15, 0.2) is 23.0 Å². The molecule has 1 aliphatic carbocycles. The van der Waals surface area contributed by atoms with Gasteiger partial charge in [0.25, 0.3) is 5.56 Å². The molecule has 1 atom stereocenters. The van der Waals surface area contributed by atoms with E-state index >= 15 is 0 Å². The summed E-state index contributed by atoms with van der Waals surface area (Å²) in [5, 5.41) is 4.48. The van der Waals surface area contributed by atoms with E-state index in [1.165, 1.54) is 4.68 Å². The minimum atomic E-state index is -0.625. The number of methoxy groups -OCH3 is 2. The molecule has 0 radical (unpaired) electrons. The third-order valence-corrected chi connectivity index (χ3v) is 5.74. The SMILES string of the molecule is COc1cc2c(cc1OC)CN(C(=O)C(C)n1nc3c(cc1=O)CCC3)CC2. The molecule has 0 N–H and O–H groups in total. The maximum absolute atomic E-state index is 13.1. The summed E-state index contributed by atoms with van der Waals surface area (Å²) in [6.45, 7) is 2.84. The van der Waals surface area contributed by atoms with Crippen LogP contribution < -0.4 is 15.0 Å². The molecule has 1 aromatic heterocycles. The molecule has 0 saturated carbocycles. The Kier molecular flexibility index (Phi) is 4.83. The molecular weight excluding hydrogens is 358 g/mol. The topological polar surface area (TPSA) is 73.7 Å². The first kappa shape index (κ1) is 18.5. The van der Waals surface area contributed by atoms with Crippen LogP contribution in [0.1, 0.15) is 41.8 Å². The van der Waals surface area contributed by atoms with Gasteiger partial charge in [-0.3, -0.25) is 9.59 Å². The second-order valence-electron chi connectivity index (χ2n) is 7.41. The lowest BCUT2D eigenvalue weighted by molar-refractivity contribution is -0.135. The number of aromatic nitrogens is 2. The van der Waals surface area contributed by atoms with Crippen LogP contribution in [0.2, 0.25) is 0 Å². The highest BCUT2D eigenvalue weighted by Crippen LogP contribution is 2.33. The van der Waals surface area contributed by atoms with E-state index in [4.69, 9.17) is 9.47 Å². The summed E-state index contributed by atoms with van der Waals surface area (Å²) in [5.41, 5.74) is 3.96. The van der Waals surface area contributed by atoms with Gasteiger partial charge in [0.05, 0.1) is 19.9 Å². The van der Waals surface area contributed by atoms with Crippen LogP contribution in [0, 0.1) is 0 Å². The Morgan fingerprint density at radius 3 is 2.46 bits per heavy atom. The van der Waals surface area contributed by atoms with Crippen LogP contribution in [0.5, 0.6) is 11.5 Å². The zero-order chi connectivity index (χ0) is 19.8. The molecule has 1 amide bonds. The van der Waals surface area contributed by atoms with Crippen molar-refractivity contribution in [2.24, 2.45) is 0 Å². The molecule has 28 heavy (non-hydrogen) atoms. The van der Waals surface area contributed by atoms with Gasteiger partial charge in [-0.25, -0.2) is 4.68 Å². The van der Waals surface area contributed by atoms with Crippen molar-refractivity contribution in [3.05, 3.63) is 50.9 Å². The van der Waals surface area contributed by atoms with Gasteiger partial charge in [-0.2, -0.15) is 5.10 Å². The number of amides is 1. The molecule has 1 unspecified atom stereocenters. The van der Waals surface area contributed by atoms with Crippen LogP contribution >= 0.6 is 0 Å². The number of benzene rings is 1. The summed E-state index contributed by atoms with van der Waals surface area (Å²) >= 11 is 0. The zero-order valence-electron chi connectivity index (χ0n) is 16.5. The fraction of sp³-hybridized carbons (Fsp3) is 0.476. The summed E-state index contributed by atoms with van der Waals surface area (Å²) < 4.78 is 12.1. The third kappa shape index (κ3) is 3.15. The van der Waals surface area contributed by atoms with Crippen LogP contribution in [0.4, 0.5) is 0 Å². The number of aryl methyl sites for hydroxylation is 2. The number of carbonyl (C=O) groups excluding carboxylic acids is 1. The third-order valence-electron chi connectivity index (χ3n) is 5.74. The van der Waals surface area contributed by atoms with Crippen molar-refractivity contribution < 1.29 is 14.3 Å². The van der Waals surface area contributed by atoms with Crippen molar-refractivity contribution in [2.75, 3.05) is 20.8 Å². The monoisotopic (exact) mass is 383 g/mol. The first-order chi connectivity index (χ1) is 13.5. The van der Waals surface area contributed by atoms with Crippen molar-refractivity contribution in [2.45, 2.75) is 45.2 Å². The molecule has 0 bridgehead atoms. The Labute approximate surface area is 163 Å². The zero-order valence-corrected chi connectivity index (χ0v) is 16.5. The normalized spacial score (nSPS) is 16.3. The number of nitrogens with zero attached hydrogens (tertiary/aromatic N) is 3. The van der Waals surface area contributed by atoms with E-state index in [-0.39, 0.29) is 11.5 Å². The van der Waals surface area contributed by atoms with Gasteiger partial charge >= 0.3 is 0 Å². The Morgan fingerprint density at radius 1 is 1.04 bits per heavy atom. The molecule has 7 nitrogen and oxygen atoms in total. The van der Waals surface area contributed by atoms with Crippen molar-refractivity contribution in [1.29, 1.82) is 0 Å². The van der Waals surface area contributed by atoms with Gasteiger partial charge in [-0.15, -0.1) is 0 Å². The molecule has 2 aliphatic rings. The number of hydrogen-bond acceptors (Lipinski definition) is 5. The summed E-state index contributed by atoms with van der Waals surface area (Å²) in [7, 11) is 3.22. The molecule has 4 rings (SSSR count). The first-order valence-electron chi connectivity index (χ1n) is 9.66. The van der Waals surface area contributed by atoms with E-state index in [2.05, 4.69) is 5.10 Å². The highest BCUT2D eigenvalue weighted by atomic mass is 16.5. The number of rotatable bonds is 4. The molecule has 0 saturated heterocycles. The molecule has 1 aliphatic heterocycles. The van der Waals surface area contributed by atoms with Crippen LogP contribution in [0.25, 0.3) is 0 Å². The fourth-order valence-electron chi connectivity index (χ4n) is 4.13. The average molecular weight is 383 g/mol. The molecule has 0 spiro atoms. The smallest absolute Gasteiger partial charge is 0.267 e. The highest BCUT2D eigenvalue weighted by Gasteiger charge is 2.28. The first-order valence-corrected chi connectivity index (χ1v) is 9.66. The lowest BCUT2D eigenvalue weighted by atomic mass is 9.98. The Balaban J connectivity index is 1.57. The fourth-order valence-corrected chi connectivity index (χ4v) is 4.13. The lowest BCUT2D eigenvalue weighted by Crippen LogP contribution is -2.42. The van der Waals surface area contributed by atoms with E-state index in [0.29, 0.717) is 24.6 Å². The van der Waals surface area contributed by atoms with Crippen molar-refractivity contribution in [3.63, 3.8) is 0 Å². The van der Waals surface area contributed by atoms with E-state index < -0.39 is 6.04 Å². The minimum absolute atomic E-state index is 0.0898. The molecular formula is C21H25N3O4. The van der Waals surface area contributed by atoms with E-state index in [0.717, 1.165) is 48.1 Å². The Hall–Kier alpha value is -2.83. The van der Waals surface area contributed by atoms with Gasteiger partial charge in [-0.05, 0) is 61.4 Å². The second kappa shape index (κ2) is 7.30. The number of fused-ring (bicyclic) bond motifs is 2. The quantitative estimate of drug-likeness (QED) is 0.806. The summed E-state index contributed by atoms with van der Waals surface area (Å²) in [4.78, 5) is 27.4. The molecule has 148 valence electrons. The standard InChI is InChI=1S/C21H25N3O4/c1-13(24-20(25)11-15-5-4-6-17(15)22-24)21(26)23-8-7-14-9-18(27-2)19(28-3)10-16(14)12-23/h9-11,13H,4-8,12H2,1-3H3. The highest BCUT2D eigenvalue weighted by molar-refractivity contribution is 5.80. The second-order valence-corrected chi connectivity index (χ2v) is 7.41. The molecule has 2 aromatic rings. The molecule has 1 aromatic carbocycles. The van der Waals surface area contributed by atoms with E-state index in [1.54, 1.807) is 32.1 Å². The van der Waals surface area contributed by atoms with Gasteiger partial charge in [0.15, 0.2) is 11.5 Å². The van der Waals surface area contributed by atoms with Crippen LogP contribution in [0.3, 0.4) is 0 Å². The van der Waals surface area contributed by atoms with E-state index in [1.807, 2.05) is 12.1 Å². The van der Waals surface area contributed by atoms with Crippen LogP contribution in [-0.4, -0.2) is 41.4 Å². The largest absolute Gasteiger partial charge is 0.493 e. The molecule has 0 fully saturated rings.